The van der Waals surface area contributed by atoms with Gasteiger partial charge in [-0.2, -0.15) is 0 Å². The first-order chi connectivity index (χ1) is 10.5. The van der Waals surface area contributed by atoms with Gasteiger partial charge in [0.25, 0.3) is 11.2 Å². The lowest BCUT2D eigenvalue weighted by atomic mass is 10.2. The van der Waals surface area contributed by atoms with Gasteiger partial charge >= 0.3 is 0 Å². The molecule has 0 bridgehead atoms. The first kappa shape index (κ1) is 13.9. The summed E-state index contributed by atoms with van der Waals surface area (Å²) >= 11 is 0. The van der Waals surface area contributed by atoms with Crippen LogP contribution in [-0.2, 0) is 6.54 Å². The number of benzene rings is 2. The Balaban J connectivity index is 2.03. The maximum atomic E-state index is 13.1. The zero-order valence-corrected chi connectivity index (χ0v) is 11.3. The Bertz CT molecular complexity index is 937. The Kier molecular flexibility index (Phi) is 3.38. The van der Waals surface area contributed by atoms with Crippen LogP contribution in [0, 0.1) is 15.9 Å². The summed E-state index contributed by atoms with van der Waals surface area (Å²) in [7, 11) is 0. The van der Waals surface area contributed by atoms with E-state index in [2.05, 4.69) is 4.98 Å². The van der Waals surface area contributed by atoms with Gasteiger partial charge in [0.1, 0.15) is 5.82 Å². The largest absolute Gasteiger partial charge is 0.294 e. The Morgan fingerprint density at radius 1 is 1.23 bits per heavy atom. The van der Waals surface area contributed by atoms with E-state index in [9.17, 15) is 19.3 Å². The number of hydrogen-bond acceptors (Lipinski definition) is 4. The molecule has 0 atom stereocenters. The number of non-ortho nitro benzene ring substituents is 1. The number of nitrogens with zero attached hydrogens (tertiary/aromatic N) is 3. The lowest BCUT2D eigenvalue weighted by Crippen LogP contribution is -2.21. The summed E-state index contributed by atoms with van der Waals surface area (Å²) < 4.78 is 14.5. The van der Waals surface area contributed by atoms with E-state index < -0.39 is 10.7 Å². The van der Waals surface area contributed by atoms with Crippen molar-refractivity contribution in [2.45, 2.75) is 6.54 Å². The van der Waals surface area contributed by atoms with Crippen molar-refractivity contribution in [1.82, 2.24) is 9.55 Å². The maximum Gasteiger partial charge on any atom is 0.269 e. The quantitative estimate of drug-likeness (QED) is 0.550. The molecule has 1 heterocycles. The van der Waals surface area contributed by atoms with Gasteiger partial charge < -0.3 is 0 Å². The van der Waals surface area contributed by atoms with Crippen molar-refractivity contribution in [3.05, 3.63) is 80.6 Å². The molecule has 0 amide bonds. The van der Waals surface area contributed by atoms with E-state index in [-0.39, 0.29) is 23.3 Å². The molecule has 3 rings (SSSR count). The number of halogens is 1. The van der Waals surface area contributed by atoms with Crippen LogP contribution in [0.2, 0.25) is 0 Å². The summed E-state index contributed by atoms with van der Waals surface area (Å²) in [5, 5.41) is 11.1. The molecule has 0 aliphatic heterocycles. The molecule has 0 saturated heterocycles. The third kappa shape index (κ3) is 2.56. The van der Waals surface area contributed by atoms with Gasteiger partial charge in [0.2, 0.25) is 0 Å². The monoisotopic (exact) mass is 299 g/mol. The summed E-state index contributed by atoms with van der Waals surface area (Å²) in [6.07, 6.45) is 1.31. The molecule has 0 radical (unpaired) electrons. The van der Waals surface area contributed by atoms with Crippen molar-refractivity contribution in [2.24, 2.45) is 0 Å². The smallest absolute Gasteiger partial charge is 0.269 e. The molecule has 0 aliphatic carbocycles. The van der Waals surface area contributed by atoms with E-state index in [1.54, 1.807) is 12.1 Å². The lowest BCUT2D eigenvalue weighted by molar-refractivity contribution is -0.384. The summed E-state index contributed by atoms with van der Waals surface area (Å²) in [6, 6.07) is 9.80. The highest BCUT2D eigenvalue weighted by molar-refractivity contribution is 5.77. The minimum Gasteiger partial charge on any atom is -0.294 e. The number of rotatable bonds is 3. The standard InChI is InChI=1S/C15H10FN3O3/c16-11-4-5-13-14(7-11)17-9-18(15(13)20)8-10-2-1-3-12(6-10)19(21)22/h1-7,9H,8H2. The summed E-state index contributed by atoms with van der Waals surface area (Å²) in [4.78, 5) is 26.7. The first-order valence-corrected chi connectivity index (χ1v) is 6.42. The molecule has 0 saturated carbocycles. The van der Waals surface area contributed by atoms with Gasteiger partial charge in [-0.25, -0.2) is 9.37 Å². The van der Waals surface area contributed by atoms with Crippen LogP contribution in [0.1, 0.15) is 5.56 Å². The summed E-state index contributed by atoms with van der Waals surface area (Å²) in [6.45, 7) is 0.154. The predicted molar refractivity (Wildman–Crippen MR) is 78.2 cm³/mol. The molecule has 7 heteroatoms. The zero-order valence-electron chi connectivity index (χ0n) is 11.3. The van der Waals surface area contributed by atoms with Crippen LogP contribution in [-0.4, -0.2) is 14.5 Å². The lowest BCUT2D eigenvalue weighted by Gasteiger charge is -2.06. The average Bonchev–Trinajstić information content (AvgIpc) is 2.50. The molecular weight excluding hydrogens is 289 g/mol. The number of fused-ring (bicyclic) bond motifs is 1. The van der Waals surface area contributed by atoms with Crippen molar-refractivity contribution >= 4 is 16.6 Å². The van der Waals surface area contributed by atoms with Crippen molar-refractivity contribution in [1.29, 1.82) is 0 Å². The van der Waals surface area contributed by atoms with Crippen LogP contribution in [0.4, 0.5) is 10.1 Å². The number of hydrogen-bond donors (Lipinski definition) is 0. The molecular formula is C15H10FN3O3. The minimum atomic E-state index is -0.492. The van der Waals surface area contributed by atoms with Crippen LogP contribution in [0.15, 0.2) is 53.6 Å². The highest BCUT2D eigenvalue weighted by atomic mass is 19.1. The fourth-order valence-electron chi connectivity index (χ4n) is 2.21. The summed E-state index contributed by atoms with van der Waals surface area (Å²) in [5.41, 5.74) is 0.526. The molecule has 0 N–H and O–H groups in total. The topological polar surface area (TPSA) is 78.0 Å². The third-order valence-corrected chi connectivity index (χ3v) is 3.26. The van der Waals surface area contributed by atoms with E-state index in [1.807, 2.05) is 0 Å². The Morgan fingerprint density at radius 2 is 2.05 bits per heavy atom. The van der Waals surface area contributed by atoms with E-state index in [0.717, 1.165) is 0 Å². The molecule has 6 nitrogen and oxygen atoms in total. The molecule has 0 aliphatic rings. The van der Waals surface area contributed by atoms with Gasteiger partial charge in [-0.3, -0.25) is 19.5 Å². The predicted octanol–water partition coefficient (Wildman–Crippen LogP) is 2.49. The highest BCUT2D eigenvalue weighted by Crippen LogP contribution is 2.14. The van der Waals surface area contributed by atoms with Gasteiger partial charge in [0.15, 0.2) is 0 Å². The molecule has 1 aromatic heterocycles. The van der Waals surface area contributed by atoms with Crippen molar-refractivity contribution < 1.29 is 9.31 Å². The normalized spacial score (nSPS) is 10.8. The second kappa shape index (κ2) is 5.36. The Morgan fingerprint density at radius 3 is 2.82 bits per heavy atom. The van der Waals surface area contributed by atoms with E-state index in [1.165, 1.54) is 41.2 Å². The Labute approximate surface area is 123 Å². The molecule has 0 unspecified atom stereocenters. The SMILES string of the molecule is O=c1c2ccc(F)cc2ncn1Cc1cccc([N+](=O)[O-])c1. The third-order valence-electron chi connectivity index (χ3n) is 3.26. The molecule has 2 aromatic carbocycles. The molecule has 0 spiro atoms. The minimum absolute atomic E-state index is 0.0404. The fourth-order valence-corrected chi connectivity index (χ4v) is 2.21. The van der Waals surface area contributed by atoms with Gasteiger partial charge in [-0.1, -0.05) is 12.1 Å². The van der Waals surface area contributed by atoms with Crippen molar-refractivity contribution in [2.75, 3.05) is 0 Å². The average molecular weight is 299 g/mol. The second-order valence-electron chi connectivity index (χ2n) is 4.77. The van der Waals surface area contributed by atoms with Crippen LogP contribution in [0.5, 0.6) is 0 Å². The van der Waals surface area contributed by atoms with E-state index in [0.29, 0.717) is 10.9 Å². The van der Waals surface area contributed by atoms with Gasteiger partial charge in [-0.05, 0) is 17.7 Å². The molecule has 110 valence electrons. The molecule has 0 fully saturated rings. The number of nitro groups is 1. The number of aromatic nitrogens is 2. The van der Waals surface area contributed by atoms with Gasteiger partial charge in [0.05, 0.1) is 28.7 Å². The maximum absolute atomic E-state index is 13.1. The van der Waals surface area contributed by atoms with Gasteiger partial charge in [-0.15, -0.1) is 0 Å². The number of nitro benzene ring substituents is 1. The first-order valence-electron chi connectivity index (χ1n) is 6.42. The van der Waals surface area contributed by atoms with E-state index in [4.69, 9.17) is 0 Å². The highest BCUT2D eigenvalue weighted by Gasteiger charge is 2.09. The van der Waals surface area contributed by atoms with Gasteiger partial charge in [0, 0.05) is 18.2 Å². The molecule has 3 aromatic rings. The van der Waals surface area contributed by atoms with Crippen LogP contribution in [0.3, 0.4) is 0 Å². The zero-order chi connectivity index (χ0) is 15.7. The summed E-state index contributed by atoms with van der Waals surface area (Å²) in [5.74, 6) is -0.462. The van der Waals surface area contributed by atoms with Crippen molar-refractivity contribution in [3.63, 3.8) is 0 Å². The van der Waals surface area contributed by atoms with Crippen molar-refractivity contribution in [3.8, 4) is 0 Å². The fraction of sp³-hybridized carbons (Fsp3) is 0.0667. The Hall–Kier alpha value is -3.09. The van der Waals surface area contributed by atoms with E-state index >= 15 is 0 Å². The molecule has 22 heavy (non-hydrogen) atoms. The second-order valence-corrected chi connectivity index (χ2v) is 4.77. The van der Waals surface area contributed by atoms with Crippen LogP contribution in [0.25, 0.3) is 10.9 Å². The van der Waals surface area contributed by atoms with Crippen LogP contribution < -0.4 is 5.56 Å². The van der Waals surface area contributed by atoms with Crippen LogP contribution >= 0.6 is 0 Å².